The molecule has 6 nitrogen and oxygen atoms in total. The maximum Gasteiger partial charge on any atom is 0.573 e. The molecule has 134 valence electrons. The molecule has 0 spiro atoms. The number of nitrogens with one attached hydrogen (secondary N) is 1. The lowest BCUT2D eigenvalue weighted by Gasteiger charge is -2.12. The maximum atomic E-state index is 12.5. The number of aldehydes is 1. The summed E-state index contributed by atoms with van der Waals surface area (Å²) in [7, 11) is 0. The van der Waals surface area contributed by atoms with Crippen LogP contribution in [-0.4, -0.2) is 33.3 Å². The van der Waals surface area contributed by atoms with Crippen molar-refractivity contribution in [2.75, 3.05) is 5.32 Å². The molecule has 0 atom stereocenters. The minimum atomic E-state index is -4.77. The molecule has 1 aliphatic rings. The summed E-state index contributed by atoms with van der Waals surface area (Å²) in [5.74, 6) is 0.292. The summed E-state index contributed by atoms with van der Waals surface area (Å²) in [6.07, 6.45) is -0.680. The molecule has 26 heavy (non-hydrogen) atoms. The lowest BCUT2D eigenvalue weighted by Crippen LogP contribution is -2.17. The lowest BCUT2D eigenvalue weighted by atomic mass is 10.1. The Morgan fingerprint density at radius 2 is 2.08 bits per heavy atom. The molecule has 0 unspecified atom stereocenters. The number of alkyl halides is 3. The molecule has 1 N–H and O–H groups in total. The number of hydrogen-bond donors (Lipinski definition) is 1. The fraction of sp³-hybridized carbons (Fsp3) is 0.235. The van der Waals surface area contributed by atoms with E-state index in [1.165, 1.54) is 28.9 Å². The minimum absolute atomic E-state index is 0.299. The Morgan fingerprint density at radius 1 is 1.27 bits per heavy atom. The highest BCUT2D eigenvalue weighted by atomic mass is 19.4. The number of rotatable bonds is 5. The number of hydrogen-bond acceptors (Lipinski definition) is 5. The van der Waals surface area contributed by atoms with Crippen LogP contribution in [0.15, 0.2) is 36.5 Å². The Kier molecular flexibility index (Phi) is 3.78. The standard InChI is InChI=1S/C17H13F3N4O2/c18-17(19,20)26-13-3-1-2-10(6-13)14-7-15(22-12-4-5-12)24-16(23-14)11(9-25)8-21-24/h1-3,6-9,12,22H,4-5H2. The van der Waals surface area contributed by atoms with Crippen LogP contribution >= 0.6 is 0 Å². The zero-order valence-corrected chi connectivity index (χ0v) is 13.3. The molecule has 1 aromatic carbocycles. The van der Waals surface area contributed by atoms with E-state index in [4.69, 9.17) is 0 Å². The average molecular weight is 362 g/mol. The van der Waals surface area contributed by atoms with Crippen molar-refractivity contribution < 1.29 is 22.7 Å². The van der Waals surface area contributed by atoms with Gasteiger partial charge in [-0.25, -0.2) is 4.98 Å². The van der Waals surface area contributed by atoms with Crippen molar-refractivity contribution in [3.05, 3.63) is 42.1 Å². The van der Waals surface area contributed by atoms with E-state index >= 15 is 0 Å². The second-order valence-corrected chi connectivity index (χ2v) is 5.97. The fourth-order valence-electron chi connectivity index (χ4n) is 2.60. The number of carbonyl (C=O) groups is 1. The number of aromatic nitrogens is 3. The summed E-state index contributed by atoms with van der Waals surface area (Å²) in [6, 6.07) is 7.56. The van der Waals surface area contributed by atoms with Gasteiger partial charge in [0.15, 0.2) is 11.9 Å². The van der Waals surface area contributed by atoms with Crippen LogP contribution in [0.2, 0.25) is 0 Å². The Bertz CT molecular complexity index is 980. The highest BCUT2D eigenvalue weighted by Gasteiger charge is 2.31. The van der Waals surface area contributed by atoms with Gasteiger partial charge in [-0.1, -0.05) is 12.1 Å². The molecular formula is C17H13F3N4O2. The smallest absolute Gasteiger partial charge is 0.406 e. The number of anilines is 1. The summed E-state index contributed by atoms with van der Waals surface area (Å²) >= 11 is 0. The van der Waals surface area contributed by atoms with Crippen LogP contribution < -0.4 is 10.1 Å². The van der Waals surface area contributed by atoms with E-state index in [0.717, 1.165) is 12.8 Å². The quantitative estimate of drug-likeness (QED) is 0.701. The van der Waals surface area contributed by atoms with Gasteiger partial charge in [0.05, 0.1) is 17.5 Å². The molecule has 0 radical (unpaired) electrons. The minimum Gasteiger partial charge on any atom is -0.406 e. The molecule has 0 bridgehead atoms. The first-order valence-corrected chi connectivity index (χ1v) is 7.89. The van der Waals surface area contributed by atoms with E-state index in [2.05, 4.69) is 20.1 Å². The SMILES string of the molecule is O=Cc1cnn2c(NC3CC3)cc(-c3cccc(OC(F)(F)F)c3)nc12. The van der Waals surface area contributed by atoms with E-state index in [9.17, 15) is 18.0 Å². The van der Waals surface area contributed by atoms with E-state index in [1.54, 1.807) is 12.1 Å². The van der Waals surface area contributed by atoms with Crippen molar-refractivity contribution >= 4 is 17.8 Å². The number of halogens is 3. The Balaban J connectivity index is 1.80. The van der Waals surface area contributed by atoms with Gasteiger partial charge in [0.1, 0.15) is 11.6 Å². The van der Waals surface area contributed by atoms with Crippen molar-refractivity contribution in [3.8, 4) is 17.0 Å². The van der Waals surface area contributed by atoms with Crippen LogP contribution in [0.3, 0.4) is 0 Å². The topological polar surface area (TPSA) is 68.5 Å². The first kappa shape index (κ1) is 16.4. The Morgan fingerprint density at radius 3 is 2.77 bits per heavy atom. The van der Waals surface area contributed by atoms with E-state index in [0.29, 0.717) is 40.6 Å². The molecule has 4 rings (SSSR count). The van der Waals surface area contributed by atoms with Crippen molar-refractivity contribution in [1.29, 1.82) is 0 Å². The Hall–Kier alpha value is -3.10. The molecule has 1 aliphatic carbocycles. The largest absolute Gasteiger partial charge is 0.573 e. The maximum absolute atomic E-state index is 12.5. The van der Waals surface area contributed by atoms with Gasteiger partial charge in [-0.2, -0.15) is 9.61 Å². The van der Waals surface area contributed by atoms with Crippen LogP contribution in [0.5, 0.6) is 5.75 Å². The van der Waals surface area contributed by atoms with Gasteiger partial charge >= 0.3 is 6.36 Å². The van der Waals surface area contributed by atoms with Gasteiger partial charge in [-0.05, 0) is 25.0 Å². The Labute approximate surface area is 145 Å². The van der Waals surface area contributed by atoms with Gasteiger partial charge < -0.3 is 10.1 Å². The third-order valence-electron chi connectivity index (χ3n) is 3.92. The van der Waals surface area contributed by atoms with E-state index < -0.39 is 6.36 Å². The highest BCUT2D eigenvalue weighted by molar-refractivity contribution is 5.85. The molecule has 9 heteroatoms. The van der Waals surface area contributed by atoms with Crippen LogP contribution in [0, 0.1) is 0 Å². The molecule has 2 aromatic heterocycles. The molecule has 1 saturated carbocycles. The highest BCUT2D eigenvalue weighted by Crippen LogP contribution is 2.31. The van der Waals surface area contributed by atoms with Gasteiger partial charge in [0.25, 0.3) is 0 Å². The third kappa shape index (κ3) is 3.32. The monoisotopic (exact) mass is 362 g/mol. The van der Waals surface area contributed by atoms with Gasteiger partial charge in [-0.3, -0.25) is 4.79 Å². The second-order valence-electron chi connectivity index (χ2n) is 5.97. The lowest BCUT2D eigenvalue weighted by molar-refractivity contribution is -0.274. The fourth-order valence-corrected chi connectivity index (χ4v) is 2.60. The first-order chi connectivity index (χ1) is 12.4. The summed E-state index contributed by atoms with van der Waals surface area (Å²) < 4.78 is 42.9. The molecule has 1 fully saturated rings. The second kappa shape index (κ2) is 6.01. The van der Waals surface area contributed by atoms with E-state index in [1.807, 2.05) is 0 Å². The summed E-state index contributed by atoms with van der Waals surface area (Å²) in [5, 5.41) is 7.45. The number of ether oxygens (including phenoxy) is 1. The molecule has 0 saturated heterocycles. The summed E-state index contributed by atoms with van der Waals surface area (Å²) in [4.78, 5) is 15.6. The van der Waals surface area contributed by atoms with Crippen LogP contribution in [0.1, 0.15) is 23.2 Å². The van der Waals surface area contributed by atoms with Gasteiger partial charge in [-0.15, -0.1) is 13.2 Å². The third-order valence-corrected chi connectivity index (χ3v) is 3.92. The normalized spacial score (nSPS) is 14.4. The van der Waals surface area contributed by atoms with Gasteiger partial charge in [0.2, 0.25) is 0 Å². The van der Waals surface area contributed by atoms with Crippen molar-refractivity contribution in [1.82, 2.24) is 14.6 Å². The zero-order chi connectivity index (χ0) is 18.3. The number of nitrogens with zero attached hydrogens (tertiary/aromatic N) is 3. The van der Waals surface area contributed by atoms with E-state index in [-0.39, 0.29) is 5.75 Å². The van der Waals surface area contributed by atoms with Crippen LogP contribution in [0.4, 0.5) is 19.0 Å². The average Bonchev–Trinajstić information content (AvgIpc) is 3.30. The number of fused-ring (bicyclic) bond motifs is 1. The molecule has 3 aromatic rings. The molecular weight excluding hydrogens is 349 g/mol. The summed E-state index contributed by atoms with van der Waals surface area (Å²) in [6.45, 7) is 0. The summed E-state index contributed by atoms with van der Waals surface area (Å²) in [5.41, 5.74) is 1.49. The van der Waals surface area contributed by atoms with Crippen LogP contribution in [-0.2, 0) is 0 Å². The number of carbonyl (C=O) groups excluding carboxylic acids is 1. The molecule has 0 amide bonds. The first-order valence-electron chi connectivity index (χ1n) is 7.89. The van der Waals surface area contributed by atoms with Crippen molar-refractivity contribution in [2.45, 2.75) is 25.2 Å². The van der Waals surface area contributed by atoms with Crippen molar-refractivity contribution in [2.24, 2.45) is 0 Å². The predicted molar refractivity (Wildman–Crippen MR) is 87.1 cm³/mol. The predicted octanol–water partition coefficient (Wildman–Crippen LogP) is 3.68. The zero-order valence-electron chi connectivity index (χ0n) is 13.3. The molecule has 2 heterocycles. The van der Waals surface area contributed by atoms with Crippen molar-refractivity contribution in [3.63, 3.8) is 0 Å². The molecule has 0 aliphatic heterocycles. The van der Waals surface area contributed by atoms with Gasteiger partial charge in [0, 0.05) is 17.7 Å². The number of benzene rings is 1. The van der Waals surface area contributed by atoms with Crippen LogP contribution in [0.25, 0.3) is 16.9 Å².